The number of rotatable bonds is 3. The van der Waals surface area contributed by atoms with E-state index < -0.39 is 0 Å². The van der Waals surface area contributed by atoms with Crippen LogP contribution in [0.25, 0.3) is 0 Å². The van der Waals surface area contributed by atoms with Crippen LogP contribution >= 0.6 is 11.6 Å². The number of carbonyl (C=O) groups is 1. The lowest BCUT2D eigenvalue weighted by Gasteiger charge is -2.15. The maximum absolute atomic E-state index is 11.9. The highest BCUT2D eigenvalue weighted by atomic mass is 35.5. The zero-order valence-corrected chi connectivity index (χ0v) is 10.6. The van der Waals surface area contributed by atoms with Crippen molar-refractivity contribution in [2.45, 2.75) is 25.9 Å². The predicted molar refractivity (Wildman–Crippen MR) is 68.9 cm³/mol. The zero-order chi connectivity index (χ0) is 12.3. The molecule has 17 heavy (non-hydrogen) atoms. The van der Waals surface area contributed by atoms with E-state index in [0.29, 0.717) is 17.5 Å². The van der Waals surface area contributed by atoms with E-state index in [-0.39, 0.29) is 11.9 Å². The minimum Gasteiger partial charge on any atom is -0.351 e. The van der Waals surface area contributed by atoms with Crippen molar-refractivity contribution in [2.75, 3.05) is 6.54 Å². The summed E-state index contributed by atoms with van der Waals surface area (Å²) in [6.45, 7) is 3.51. The molecule has 0 aromatic heterocycles. The Morgan fingerprint density at radius 2 is 2.29 bits per heavy atom. The van der Waals surface area contributed by atoms with Crippen molar-refractivity contribution in [3.05, 3.63) is 34.9 Å². The van der Waals surface area contributed by atoms with E-state index in [4.69, 9.17) is 11.6 Å². The highest BCUT2D eigenvalue weighted by molar-refractivity contribution is 6.31. The number of hydrogen-bond acceptors (Lipinski definition) is 2. The van der Waals surface area contributed by atoms with E-state index in [1.54, 1.807) is 0 Å². The SMILES string of the molecule is CC1CCNC1C(=O)NCc1ccccc1Cl. The maximum atomic E-state index is 11.9. The summed E-state index contributed by atoms with van der Waals surface area (Å²) in [5, 5.41) is 6.83. The topological polar surface area (TPSA) is 41.1 Å². The molecule has 2 atom stereocenters. The standard InChI is InChI=1S/C13H17ClN2O/c1-9-6-7-15-12(9)13(17)16-8-10-4-2-3-5-11(10)14/h2-5,9,12,15H,6-8H2,1H3,(H,16,17). The Kier molecular flexibility index (Phi) is 4.02. The first-order valence-electron chi connectivity index (χ1n) is 5.93. The smallest absolute Gasteiger partial charge is 0.237 e. The van der Waals surface area contributed by atoms with Crippen LogP contribution in [0, 0.1) is 5.92 Å². The van der Waals surface area contributed by atoms with E-state index in [1.807, 2.05) is 24.3 Å². The Morgan fingerprint density at radius 1 is 1.53 bits per heavy atom. The minimum absolute atomic E-state index is 0.0579. The van der Waals surface area contributed by atoms with Crippen LogP contribution in [0.3, 0.4) is 0 Å². The van der Waals surface area contributed by atoms with Crippen molar-refractivity contribution in [3.63, 3.8) is 0 Å². The van der Waals surface area contributed by atoms with E-state index in [2.05, 4.69) is 17.6 Å². The lowest BCUT2D eigenvalue weighted by Crippen LogP contribution is -2.42. The maximum Gasteiger partial charge on any atom is 0.237 e. The van der Waals surface area contributed by atoms with Gasteiger partial charge in [-0.3, -0.25) is 4.79 Å². The molecule has 1 fully saturated rings. The van der Waals surface area contributed by atoms with Crippen LogP contribution in [0.1, 0.15) is 18.9 Å². The lowest BCUT2D eigenvalue weighted by atomic mass is 10.0. The van der Waals surface area contributed by atoms with Crippen molar-refractivity contribution < 1.29 is 4.79 Å². The Hall–Kier alpha value is -1.06. The highest BCUT2D eigenvalue weighted by Crippen LogP contribution is 2.16. The molecule has 4 heteroatoms. The molecule has 1 aliphatic rings. The molecule has 0 bridgehead atoms. The molecule has 2 rings (SSSR count). The van der Waals surface area contributed by atoms with Gasteiger partial charge < -0.3 is 10.6 Å². The van der Waals surface area contributed by atoms with Gasteiger partial charge in [0.25, 0.3) is 0 Å². The van der Waals surface area contributed by atoms with Crippen molar-refractivity contribution in [1.82, 2.24) is 10.6 Å². The Morgan fingerprint density at radius 3 is 2.94 bits per heavy atom. The summed E-state index contributed by atoms with van der Waals surface area (Å²) in [5.41, 5.74) is 0.952. The molecule has 92 valence electrons. The highest BCUT2D eigenvalue weighted by Gasteiger charge is 2.28. The van der Waals surface area contributed by atoms with Gasteiger partial charge in [0.1, 0.15) is 0 Å². The van der Waals surface area contributed by atoms with Crippen molar-refractivity contribution in [3.8, 4) is 0 Å². The zero-order valence-electron chi connectivity index (χ0n) is 9.87. The number of halogens is 1. The van der Waals surface area contributed by atoms with Crippen molar-refractivity contribution in [1.29, 1.82) is 0 Å². The average Bonchev–Trinajstić information content (AvgIpc) is 2.74. The van der Waals surface area contributed by atoms with Crippen LogP contribution < -0.4 is 10.6 Å². The second-order valence-electron chi connectivity index (χ2n) is 4.51. The molecule has 1 aromatic rings. The van der Waals surface area contributed by atoms with Gasteiger partial charge in [-0.2, -0.15) is 0 Å². The van der Waals surface area contributed by atoms with E-state index in [1.165, 1.54) is 0 Å². The van der Waals surface area contributed by atoms with Crippen molar-refractivity contribution in [2.24, 2.45) is 5.92 Å². The second-order valence-corrected chi connectivity index (χ2v) is 4.91. The van der Waals surface area contributed by atoms with Gasteiger partial charge in [-0.05, 0) is 30.5 Å². The summed E-state index contributed by atoms with van der Waals surface area (Å²) in [5.74, 6) is 0.469. The minimum atomic E-state index is -0.0579. The molecule has 0 spiro atoms. The first-order chi connectivity index (χ1) is 8.18. The first-order valence-corrected chi connectivity index (χ1v) is 6.31. The Balaban J connectivity index is 1.90. The van der Waals surface area contributed by atoms with Gasteiger partial charge >= 0.3 is 0 Å². The van der Waals surface area contributed by atoms with Gasteiger partial charge in [0.15, 0.2) is 0 Å². The van der Waals surface area contributed by atoms with Gasteiger partial charge in [-0.15, -0.1) is 0 Å². The molecule has 0 saturated carbocycles. The molecule has 1 aromatic carbocycles. The van der Waals surface area contributed by atoms with Gasteiger partial charge in [-0.1, -0.05) is 36.7 Å². The van der Waals surface area contributed by atoms with Crippen LogP contribution in [0.2, 0.25) is 5.02 Å². The number of benzene rings is 1. The van der Waals surface area contributed by atoms with E-state index in [9.17, 15) is 4.79 Å². The normalized spacial score (nSPS) is 23.6. The van der Waals surface area contributed by atoms with Gasteiger partial charge in [0, 0.05) is 11.6 Å². The summed E-state index contributed by atoms with van der Waals surface area (Å²) >= 11 is 6.03. The van der Waals surface area contributed by atoms with Crippen LogP contribution in [0.15, 0.2) is 24.3 Å². The van der Waals surface area contributed by atoms with Gasteiger partial charge in [0.2, 0.25) is 5.91 Å². The monoisotopic (exact) mass is 252 g/mol. The molecule has 0 radical (unpaired) electrons. The van der Waals surface area contributed by atoms with Crippen LogP contribution in [-0.4, -0.2) is 18.5 Å². The summed E-state index contributed by atoms with van der Waals surface area (Å²) < 4.78 is 0. The lowest BCUT2D eigenvalue weighted by molar-refractivity contribution is -0.123. The Labute approximate surface area is 107 Å². The molecule has 1 aliphatic heterocycles. The molecule has 2 unspecified atom stereocenters. The summed E-state index contributed by atoms with van der Waals surface area (Å²) in [6.07, 6.45) is 1.06. The molecular weight excluding hydrogens is 236 g/mol. The van der Waals surface area contributed by atoms with E-state index in [0.717, 1.165) is 18.5 Å². The predicted octanol–water partition coefficient (Wildman–Crippen LogP) is 1.95. The third-order valence-corrected chi connectivity index (χ3v) is 3.60. The summed E-state index contributed by atoms with van der Waals surface area (Å²) in [4.78, 5) is 11.9. The second kappa shape index (κ2) is 5.52. The van der Waals surface area contributed by atoms with Gasteiger partial charge in [0.05, 0.1) is 6.04 Å². The quantitative estimate of drug-likeness (QED) is 0.864. The van der Waals surface area contributed by atoms with Crippen LogP contribution in [0.4, 0.5) is 0 Å². The van der Waals surface area contributed by atoms with Crippen molar-refractivity contribution >= 4 is 17.5 Å². The fraction of sp³-hybridized carbons (Fsp3) is 0.462. The molecule has 3 nitrogen and oxygen atoms in total. The molecule has 1 saturated heterocycles. The Bertz CT molecular complexity index is 408. The summed E-state index contributed by atoms with van der Waals surface area (Å²) in [7, 11) is 0. The van der Waals surface area contributed by atoms with Crippen LogP contribution in [0.5, 0.6) is 0 Å². The third-order valence-electron chi connectivity index (χ3n) is 3.23. The molecule has 0 aliphatic carbocycles. The van der Waals surface area contributed by atoms with Crippen LogP contribution in [-0.2, 0) is 11.3 Å². The summed E-state index contributed by atoms with van der Waals surface area (Å²) in [6, 6.07) is 7.50. The fourth-order valence-electron chi connectivity index (χ4n) is 2.12. The average molecular weight is 253 g/mol. The molecular formula is C13H17ClN2O. The first kappa shape index (κ1) is 12.4. The largest absolute Gasteiger partial charge is 0.351 e. The molecule has 2 N–H and O–H groups in total. The number of nitrogens with one attached hydrogen (secondary N) is 2. The fourth-order valence-corrected chi connectivity index (χ4v) is 2.32. The molecule has 1 amide bonds. The number of carbonyl (C=O) groups excluding carboxylic acids is 1. The third kappa shape index (κ3) is 2.99. The van der Waals surface area contributed by atoms with E-state index >= 15 is 0 Å². The number of amides is 1. The molecule has 1 heterocycles. The van der Waals surface area contributed by atoms with Gasteiger partial charge in [-0.25, -0.2) is 0 Å². The number of hydrogen-bond donors (Lipinski definition) is 2.